The molecule has 4 rings (SSSR count). The van der Waals surface area contributed by atoms with Crippen LogP contribution in [0.25, 0.3) is 0 Å². The molecule has 2 aliphatic rings. The molecule has 0 atom stereocenters. The van der Waals surface area contributed by atoms with E-state index < -0.39 is 0 Å². The first kappa shape index (κ1) is 17.6. The summed E-state index contributed by atoms with van der Waals surface area (Å²) in [6.07, 6.45) is 7.26. The lowest BCUT2D eigenvalue weighted by atomic mass is 9.90. The molecule has 1 fully saturated rings. The molecule has 140 valence electrons. The molecule has 5 nitrogen and oxygen atoms in total. The van der Waals surface area contributed by atoms with Gasteiger partial charge >= 0.3 is 6.03 Å². The maximum Gasteiger partial charge on any atom is 0.319 e. The van der Waals surface area contributed by atoms with Gasteiger partial charge in [-0.1, -0.05) is 18.2 Å². The number of rotatable bonds is 5. The van der Waals surface area contributed by atoms with Gasteiger partial charge in [0.2, 0.25) is 5.91 Å². The Kier molecular flexibility index (Phi) is 5.10. The van der Waals surface area contributed by atoms with Crippen molar-refractivity contribution in [2.24, 2.45) is 0 Å². The van der Waals surface area contributed by atoms with E-state index in [9.17, 15) is 9.59 Å². The normalized spacial score (nSPS) is 15.6. The fourth-order valence-corrected chi connectivity index (χ4v) is 3.50. The van der Waals surface area contributed by atoms with Gasteiger partial charge in [0.05, 0.1) is 6.42 Å². The van der Waals surface area contributed by atoms with E-state index >= 15 is 0 Å². The molecule has 2 aromatic carbocycles. The Bertz CT molecular complexity index is 841. The van der Waals surface area contributed by atoms with Crippen molar-refractivity contribution in [2.45, 2.75) is 51.0 Å². The summed E-state index contributed by atoms with van der Waals surface area (Å²) >= 11 is 0. The van der Waals surface area contributed by atoms with E-state index in [0.29, 0.717) is 18.2 Å². The van der Waals surface area contributed by atoms with Crippen molar-refractivity contribution < 1.29 is 9.59 Å². The number of nitrogens with one attached hydrogen (secondary N) is 3. The van der Waals surface area contributed by atoms with Gasteiger partial charge in [0.15, 0.2) is 0 Å². The Labute approximate surface area is 159 Å². The highest BCUT2D eigenvalue weighted by atomic mass is 16.2. The van der Waals surface area contributed by atoms with Gasteiger partial charge in [-0.05, 0) is 79.5 Å². The van der Waals surface area contributed by atoms with Crippen LogP contribution in [0.4, 0.5) is 16.2 Å². The topological polar surface area (TPSA) is 70.2 Å². The summed E-state index contributed by atoms with van der Waals surface area (Å²) < 4.78 is 0. The van der Waals surface area contributed by atoms with Gasteiger partial charge in [0.1, 0.15) is 0 Å². The number of carbonyl (C=O) groups is 2. The number of hydrogen-bond donors (Lipinski definition) is 3. The summed E-state index contributed by atoms with van der Waals surface area (Å²) in [6.45, 7) is 0. The van der Waals surface area contributed by atoms with E-state index in [2.05, 4.69) is 34.1 Å². The van der Waals surface area contributed by atoms with Crippen LogP contribution in [0.2, 0.25) is 0 Å². The van der Waals surface area contributed by atoms with Crippen LogP contribution in [0.3, 0.4) is 0 Å². The lowest BCUT2D eigenvalue weighted by molar-refractivity contribution is -0.115. The number of urea groups is 1. The molecule has 0 radical (unpaired) electrons. The molecular formula is C22H25N3O2. The molecule has 5 heteroatoms. The van der Waals surface area contributed by atoms with Crippen LogP contribution >= 0.6 is 0 Å². The van der Waals surface area contributed by atoms with Crippen molar-refractivity contribution in [1.82, 2.24) is 5.32 Å². The summed E-state index contributed by atoms with van der Waals surface area (Å²) in [4.78, 5) is 24.1. The van der Waals surface area contributed by atoms with Crippen LogP contribution in [0, 0.1) is 0 Å². The van der Waals surface area contributed by atoms with Crippen LogP contribution in [0.1, 0.15) is 42.4 Å². The number of aryl methyl sites for hydroxylation is 2. The van der Waals surface area contributed by atoms with E-state index in [0.717, 1.165) is 36.9 Å². The molecule has 0 aromatic heterocycles. The predicted molar refractivity (Wildman–Crippen MR) is 107 cm³/mol. The number of amides is 3. The van der Waals surface area contributed by atoms with Gasteiger partial charge in [-0.2, -0.15) is 0 Å². The van der Waals surface area contributed by atoms with Gasteiger partial charge in [-0.3, -0.25) is 4.79 Å². The van der Waals surface area contributed by atoms with Crippen LogP contribution in [0.15, 0.2) is 42.5 Å². The maximum absolute atomic E-state index is 12.4. The van der Waals surface area contributed by atoms with Gasteiger partial charge < -0.3 is 16.0 Å². The lowest BCUT2D eigenvalue weighted by Gasteiger charge is -2.16. The summed E-state index contributed by atoms with van der Waals surface area (Å²) in [5.74, 6) is -0.0297. The zero-order valence-electron chi connectivity index (χ0n) is 15.4. The van der Waals surface area contributed by atoms with E-state index in [4.69, 9.17) is 0 Å². The molecule has 0 heterocycles. The highest BCUT2D eigenvalue weighted by Crippen LogP contribution is 2.23. The van der Waals surface area contributed by atoms with Gasteiger partial charge in [-0.15, -0.1) is 0 Å². The lowest BCUT2D eigenvalue weighted by Crippen LogP contribution is -2.30. The zero-order chi connectivity index (χ0) is 18.6. The molecule has 3 N–H and O–H groups in total. The Morgan fingerprint density at radius 2 is 1.52 bits per heavy atom. The minimum Gasteiger partial charge on any atom is -0.335 e. The third-order valence-corrected chi connectivity index (χ3v) is 5.12. The highest BCUT2D eigenvalue weighted by Gasteiger charge is 2.23. The molecular weight excluding hydrogens is 338 g/mol. The molecule has 0 unspecified atom stereocenters. The van der Waals surface area contributed by atoms with Crippen molar-refractivity contribution in [3.8, 4) is 0 Å². The van der Waals surface area contributed by atoms with Crippen molar-refractivity contribution in [1.29, 1.82) is 0 Å². The quantitative estimate of drug-likeness (QED) is 0.751. The molecule has 3 amide bonds. The van der Waals surface area contributed by atoms with Gasteiger partial charge in [-0.25, -0.2) is 4.79 Å². The molecule has 1 saturated carbocycles. The van der Waals surface area contributed by atoms with Gasteiger partial charge in [0, 0.05) is 17.4 Å². The standard InChI is InChI=1S/C22H25N3O2/c26-21(14-15-5-6-16-3-1-2-4-17(16)13-15)23-18-7-9-19(10-8-18)24-22(27)25-20-11-12-20/h5-10,13,20H,1-4,11-12,14H2,(H,23,26)(H2,24,25,27). The monoisotopic (exact) mass is 363 g/mol. The number of fused-ring (bicyclic) bond motifs is 1. The first-order valence-corrected chi connectivity index (χ1v) is 9.74. The number of benzene rings is 2. The van der Waals surface area contributed by atoms with E-state index in [1.54, 1.807) is 24.3 Å². The molecule has 2 aromatic rings. The average Bonchev–Trinajstić information content (AvgIpc) is 3.47. The fourth-order valence-electron chi connectivity index (χ4n) is 3.50. The van der Waals surface area contributed by atoms with Crippen LogP contribution in [-0.2, 0) is 24.1 Å². The zero-order valence-corrected chi connectivity index (χ0v) is 15.4. The predicted octanol–water partition coefficient (Wildman–Crippen LogP) is 4.03. The van der Waals surface area contributed by atoms with Crippen molar-refractivity contribution in [2.75, 3.05) is 10.6 Å². The van der Waals surface area contributed by atoms with E-state index in [-0.39, 0.29) is 11.9 Å². The first-order valence-electron chi connectivity index (χ1n) is 9.74. The van der Waals surface area contributed by atoms with Crippen molar-refractivity contribution in [3.63, 3.8) is 0 Å². The average molecular weight is 363 g/mol. The SMILES string of the molecule is O=C(Cc1ccc2c(c1)CCCC2)Nc1ccc(NC(=O)NC2CC2)cc1. The molecule has 2 aliphatic carbocycles. The van der Waals surface area contributed by atoms with E-state index in [1.807, 2.05) is 0 Å². The second kappa shape index (κ2) is 7.82. The molecule has 27 heavy (non-hydrogen) atoms. The summed E-state index contributed by atoms with van der Waals surface area (Å²) in [5, 5.41) is 8.60. The number of anilines is 2. The molecule has 0 saturated heterocycles. The molecule has 0 aliphatic heterocycles. The Balaban J connectivity index is 1.30. The maximum atomic E-state index is 12.4. The first-order chi connectivity index (χ1) is 13.2. The number of hydrogen-bond acceptors (Lipinski definition) is 2. The minimum absolute atomic E-state index is 0.0297. The Morgan fingerprint density at radius 3 is 2.22 bits per heavy atom. The summed E-state index contributed by atoms with van der Waals surface area (Å²) in [5.41, 5.74) is 5.32. The smallest absolute Gasteiger partial charge is 0.319 e. The second-order valence-electron chi connectivity index (χ2n) is 7.49. The summed E-state index contributed by atoms with van der Waals surface area (Å²) in [6, 6.07) is 13.8. The second-order valence-corrected chi connectivity index (χ2v) is 7.49. The Hall–Kier alpha value is -2.82. The summed E-state index contributed by atoms with van der Waals surface area (Å²) in [7, 11) is 0. The van der Waals surface area contributed by atoms with Crippen molar-refractivity contribution in [3.05, 3.63) is 59.2 Å². The fraction of sp³-hybridized carbons (Fsp3) is 0.364. The van der Waals surface area contributed by atoms with Gasteiger partial charge in [0.25, 0.3) is 0 Å². The highest BCUT2D eigenvalue weighted by molar-refractivity contribution is 5.93. The number of carbonyl (C=O) groups excluding carboxylic acids is 2. The van der Waals surface area contributed by atoms with Crippen molar-refractivity contribution >= 4 is 23.3 Å². The van der Waals surface area contributed by atoms with E-state index in [1.165, 1.54) is 24.0 Å². The molecule has 0 spiro atoms. The molecule has 0 bridgehead atoms. The third kappa shape index (κ3) is 4.88. The third-order valence-electron chi connectivity index (χ3n) is 5.12. The van der Waals surface area contributed by atoms with Crippen LogP contribution in [0.5, 0.6) is 0 Å². The largest absolute Gasteiger partial charge is 0.335 e. The van der Waals surface area contributed by atoms with Crippen LogP contribution < -0.4 is 16.0 Å². The Morgan fingerprint density at radius 1 is 0.852 bits per heavy atom. The minimum atomic E-state index is -0.179. The van der Waals surface area contributed by atoms with Crippen LogP contribution in [-0.4, -0.2) is 18.0 Å².